The van der Waals surface area contributed by atoms with Gasteiger partial charge >= 0.3 is 5.97 Å². The van der Waals surface area contributed by atoms with E-state index >= 15 is 0 Å². The van der Waals surface area contributed by atoms with Crippen molar-refractivity contribution in [3.05, 3.63) is 53.3 Å². The Morgan fingerprint density at radius 2 is 1.91 bits per heavy atom. The van der Waals surface area contributed by atoms with Crippen LogP contribution in [0, 0.1) is 12.7 Å². The van der Waals surface area contributed by atoms with Crippen LogP contribution < -0.4 is 4.72 Å². The Kier molecular flexibility index (Phi) is 4.96. The smallest absolute Gasteiger partial charge is 0.335 e. The average Bonchev–Trinajstić information content (AvgIpc) is 2.49. The summed E-state index contributed by atoms with van der Waals surface area (Å²) in [7, 11) is -4.12. The molecule has 0 spiro atoms. The molecule has 0 bridgehead atoms. The fourth-order valence-corrected chi connectivity index (χ4v) is 3.82. The van der Waals surface area contributed by atoms with Crippen molar-refractivity contribution in [2.45, 2.75) is 16.7 Å². The minimum atomic E-state index is -4.12. The molecule has 0 saturated heterocycles. The Balaban J connectivity index is 2.45. The molecule has 0 aliphatic heterocycles. The molecule has 0 unspecified atom stereocenters. The highest BCUT2D eigenvalue weighted by atomic mass is 32.2. The molecule has 2 N–H and O–H groups in total. The fraction of sp³-hybridized carbons (Fsp3) is 0.133. The van der Waals surface area contributed by atoms with Gasteiger partial charge in [-0.2, -0.15) is 0 Å². The summed E-state index contributed by atoms with van der Waals surface area (Å²) in [6.07, 6.45) is 1.69. The summed E-state index contributed by atoms with van der Waals surface area (Å²) >= 11 is 1.19. The number of carboxylic acids is 1. The minimum absolute atomic E-state index is 0.0408. The van der Waals surface area contributed by atoms with Crippen LogP contribution in [0.5, 0.6) is 0 Å². The Bertz CT molecular complexity index is 866. The molecule has 0 radical (unpaired) electrons. The summed E-state index contributed by atoms with van der Waals surface area (Å²) < 4.78 is 40.9. The van der Waals surface area contributed by atoms with Crippen LogP contribution >= 0.6 is 11.8 Å². The number of aryl methyl sites for hydroxylation is 1. The number of nitrogens with one attached hydrogen (secondary N) is 1. The number of hydrogen-bond donors (Lipinski definition) is 2. The Morgan fingerprint density at radius 3 is 2.52 bits per heavy atom. The van der Waals surface area contributed by atoms with Gasteiger partial charge in [0.15, 0.2) is 0 Å². The molecule has 0 saturated carbocycles. The number of thioether (sulfide) groups is 1. The second-order valence-electron chi connectivity index (χ2n) is 4.76. The summed E-state index contributed by atoms with van der Waals surface area (Å²) in [5.74, 6) is -1.96. The van der Waals surface area contributed by atoms with Gasteiger partial charge in [0.25, 0.3) is 10.0 Å². The average molecular weight is 355 g/mol. The minimum Gasteiger partial charge on any atom is -0.478 e. The van der Waals surface area contributed by atoms with Gasteiger partial charge in [0.2, 0.25) is 0 Å². The van der Waals surface area contributed by atoms with Crippen molar-refractivity contribution < 1.29 is 22.7 Å². The molecule has 0 atom stereocenters. The Labute approximate surface area is 137 Å². The van der Waals surface area contributed by atoms with E-state index < -0.39 is 26.7 Å². The number of aromatic carboxylic acids is 1. The maximum Gasteiger partial charge on any atom is 0.335 e. The molecule has 0 heterocycles. The van der Waals surface area contributed by atoms with Gasteiger partial charge < -0.3 is 5.11 Å². The lowest BCUT2D eigenvalue weighted by Gasteiger charge is -2.13. The number of carbonyl (C=O) groups is 1. The molecule has 2 aromatic carbocycles. The van der Waals surface area contributed by atoms with Crippen LogP contribution in [0.1, 0.15) is 15.9 Å². The van der Waals surface area contributed by atoms with Crippen molar-refractivity contribution in [3.8, 4) is 0 Å². The highest BCUT2D eigenvalue weighted by molar-refractivity contribution is 7.99. The first kappa shape index (κ1) is 17.3. The molecular formula is C15H14FNO4S2. The Morgan fingerprint density at radius 1 is 1.22 bits per heavy atom. The zero-order valence-corrected chi connectivity index (χ0v) is 14.0. The number of anilines is 1. The van der Waals surface area contributed by atoms with Crippen LogP contribution in [0.3, 0.4) is 0 Å². The van der Waals surface area contributed by atoms with Gasteiger partial charge in [-0.1, -0.05) is 6.07 Å². The quantitative estimate of drug-likeness (QED) is 0.804. The van der Waals surface area contributed by atoms with E-state index in [4.69, 9.17) is 5.11 Å². The lowest BCUT2D eigenvalue weighted by molar-refractivity contribution is 0.0696. The standard InChI is InChI=1S/C15H14FNO4S2/c1-9-3-5-11(16)14(7-9)23(20,21)17-12-6-4-10(15(18)19)8-13(12)22-2/h3-8,17H,1-2H3,(H,18,19). The number of carboxylic acid groups (broad SMARTS) is 1. The fourth-order valence-electron chi connectivity index (χ4n) is 1.92. The van der Waals surface area contributed by atoms with E-state index in [-0.39, 0.29) is 11.3 Å². The highest BCUT2D eigenvalue weighted by Crippen LogP contribution is 2.29. The number of hydrogen-bond acceptors (Lipinski definition) is 4. The normalized spacial score (nSPS) is 11.3. The highest BCUT2D eigenvalue weighted by Gasteiger charge is 2.21. The number of halogens is 1. The van der Waals surface area contributed by atoms with Gasteiger partial charge in [-0.3, -0.25) is 4.72 Å². The lowest BCUT2D eigenvalue weighted by atomic mass is 10.2. The molecule has 8 heteroatoms. The van der Waals surface area contributed by atoms with Gasteiger partial charge in [0, 0.05) is 4.90 Å². The van der Waals surface area contributed by atoms with Crippen molar-refractivity contribution in [3.63, 3.8) is 0 Å². The van der Waals surface area contributed by atoms with E-state index in [0.29, 0.717) is 10.5 Å². The summed E-state index contributed by atoms with van der Waals surface area (Å²) in [6.45, 7) is 1.66. The SMILES string of the molecule is CSc1cc(C(=O)O)ccc1NS(=O)(=O)c1cc(C)ccc1F. The maximum absolute atomic E-state index is 13.8. The third-order valence-electron chi connectivity index (χ3n) is 3.07. The predicted octanol–water partition coefficient (Wildman–Crippen LogP) is 3.36. The van der Waals surface area contributed by atoms with E-state index in [0.717, 1.165) is 6.07 Å². The van der Waals surface area contributed by atoms with Crippen molar-refractivity contribution >= 4 is 33.4 Å². The van der Waals surface area contributed by atoms with Gasteiger partial charge in [-0.25, -0.2) is 17.6 Å². The summed E-state index contributed by atoms with van der Waals surface area (Å²) in [6, 6.07) is 7.79. The van der Waals surface area contributed by atoms with Gasteiger partial charge in [-0.15, -0.1) is 11.8 Å². The van der Waals surface area contributed by atoms with Crippen LogP contribution in [0.4, 0.5) is 10.1 Å². The van der Waals surface area contributed by atoms with Gasteiger partial charge in [0.1, 0.15) is 10.7 Å². The summed E-state index contributed by atoms with van der Waals surface area (Å²) in [4.78, 5) is 11.0. The zero-order chi connectivity index (χ0) is 17.2. The zero-order valence-electron chi connectivity index (χ0n) is 12.3. The van der Waals surface area contributed by atoms with Crippen LogP contribution in [-0.4, -0.2) is 25.7 Å². The molecule has 0 aliphatic carbocycles. The van der Waals surface area contributed by atoms with E-state index in [1.165, 1.54) is 42.1 Å². The van der Waals surface area contributed by atoms with E-state index in [1.54, 1.807) is 13.2 Å². The van der Waals surface area contributed by atoms with Crippen molar-refractivity contribution in [2.75, 3.05) is 11.0 Å². The van der Waals surface area contributed by atoms with Crippen LogP contribution in [0.25, 0.3) is 0 Å². The predicted molar refractivity (Wildman–Crippen MR) is 87.1 cm³/mol. The maximum atomic E-state index is 13.8. The first-order chi connectivity index (χ1) is 10.7. The second-order valence-corrected chi connectivity index (χ2v) is 7.26. The van der Waals surface area contributed by atoms with Crippen molar-refractivity contribution in [2.24, 2.45) is 0 Å². The first-order valence-electron chi connectivity index (χ1n) is 6.45. The molecule has 0 aliphatic rings. The first-order valence-corrected chi connectivity index (χ1v) is 9.15. The summed E-state index contributed by atoms with van der Waals surface area (Å²) in [5.41, 5.74) is 0.848. The molecule has 0 aromatic heterocycles. The van der Waals surface area contributed by atoms with Crippen molar-refractivity contribution in [1.82, 2.24) is 0 Å². The third-order valence-corrected chi connectivity index (χ3v) is 5.23. The molecule has 5 nitrogen and oxygen atoms in total. The molecule has 0 amide bonds. The van der Waals surface area contributed by atoms with Crippen molar-refractivity contribution in [1.29, 1.82) is 0 Å². The molecular weight excluding hydrogens is 341 g/mol. The number of rotatable bonds is 5. The number of sulfonamides is 1. The van der Waals surface area contributed by atoms with Gasteiger partial charge in [0.05, 0.1) is 11.3 Å². The third kappa shape index (κ3) is 3.83. The molecule has 122 valence electrons. The molecule has 0 fully saturated rings. The lowest BCUT2D eigenvalue weighted by Crippen LogP contribution is -2.15. The van der Waals surface area contributed by atoms with E-state index in [9.17, 15) is 17.6 Å². The van der Waals surface area contributed by atoms with Crippen LogP contribution in [0.15, 0.2) is 46.2 Å². The molecule has 2 aromatic rings. The topological polar surface area (TPSA) is 83.5 Å². The Hall–Kier alpha value is -2.06. The molecule has 23 heavy (non-hydrogen) atoms. The second kappa shape index (κ2) is 6.59. The number of benzene rings is 2. The van der Waals surface area contributed by atoms with Gasteiger partial charge in [-0.05, 0) is 49.1 Å². The summed E-state index contributed by atoms with van der Waals surface area (Å²) in [5, 5.41) is 8.98. The molecule has 2 rings (SSSR count). The largest absolute Gasteiger partial charge is 0.478 e. The van der Waals surface area contributed by atoms with Crippen LogP contribution in [-0.2, 0) is 10.0 Å². The monoisotopic (exact) mass is 355 g/mol. The van der Waals surface area contributed by atoms with Crippen LogP contribution in [0.2, 0.25) is 0 Å². The van der Waals surface area contributed by atoms with E-state index in [1.807, 2.05) is 0 Å². The van der Waals surface area contributed by atoms with E-state index in [2.05, 4.69) is 4.72 Å².